The van der Waals surface area contributed by atoms with E-state index in [4.69, 9.17) is 9.47 Å². The molecule has 3 rings (SSSR count). The summed E-state index contributed by atoms with van der Waals surface area (Å²) in [6, 6.07) is 16.5. The van der Waals surface area contributed by atoms with Crippen molar-refractivity contribution in [1.82, 2.24) is 5.32 Å². The Morgan fingerprint density at radius 1 is 0.967 bits per heavy atom. The Morgan fingerprint density at radius 2 is 1.63 bits per heavy atom. The van der Waals surface area contributed by atoms with Crippen molar-refractivity contribution in [1.29, 1.82) is 0 Å². The third-order valence-corrected chi connectivity index (χ3v) is 5.95. The van der Waals surface area contributed by atoms with Crippen LogP contribution in [0, 0.1) is 0 Å². The average molecular weight is 414 g/mol. The summed E-state index contributed by atoms with van der Waals surface area (Å²) in [7, 11) is 3.32. The monoisotopic (exact) mass is 413 g/mol. The van der Waals surface area contributed by atoms with Crippen molar-refractivity contribution in [3.05, 3.63) is 59.7 Å². The van der Waals surface area contributed by atoms with Gasteiger partial charge in [0.25, 0.3) is 5.91 Å². The standard InChI is InChI=1S/C24H33N3O3/c1-19(21-7-5-4-6-8-21)16-25-24(28)18-27-13-11-26(12-14-27)17-20-9-10-22(29-2)23(15-20)30-3/h4-10,15,19H,11-14,16-18H2,1-3H3,(H,25,28)/p+2/t19-/m0/s1. The van der Waals surface area contributed by atoms with E-state index in [2.05, 4.69) is 36.5 Å². The Morgan fingerprint density at radius 3 is 2.30 bits per heavy atom. The summed E-state index contributed by atoms with van der Waals surface area (Å²) in [6.07, 6.45) is 0. The molecule has 0 aromatic heterocycles. The quantitative estimate of drug-likeness (QED) is 0.539. The summed E-state index contributed by atoms with van der Waals surface area (Å²) in [6.45, 7) is 8.54. The number of ether oxygens (including phenoxy) is 2. The molecule has 0 saturated carbocycles. The molecule has 30 heavy (non-hydrogen) atoms. The molecule has 1 amide bonds. The first-order chi connectivity index (χ1) is 14.6. The first-order valence-electron chi connectivity index (χ1n) is 10.8. The van der Waals surface area contributed by atoms with Gasteiger partial charge in [0.1, 0.15) is 32.7 Å². The Labute approximate surface area is 179 Å². The highest BCUT2D eigenvalue weighted by Gasteiger charge is 2.25. The number of hydrogen-bond donors (Lipinski definition) is 3. The fourth-order valence-corrected chi connectivity index (χ4v) is 4.05. The van der Waals surface area contributed by atoms with Crippen LogP contribution in [-0.4, -0.2) is 59.4 Å². The van der Waals surface area contributed by atoms with Crippen molar-refractivity contribution in [2.75, 3.05) is 53.5 Å². The summed E-state index contributed by atoms with van der Waals surface area (Å²) in [4.78, 5) is 15.3. The van der Waals surface area contributed by atoms with Crippen LogP contribution in [0.15, 0.2) is 48.5 Å². The first kappa shape index (κ1) is 22.1. The van der Waals surface area contributed by atoms with Crippen LogP contribution in [0.1, 0.15) is 24.0 Å². The van der Waals surface area contributed by atoms with Crippen LogP contribution < -0.4 is 24.6 Å². The van der Waals surface area contributed by atoms with Gasteiger partial charge < -0.3 is 24.6 Å². The van der Waals surface area contributed by atoms with E-state index in [1.165, 1.54) is 16.0 Å². The maximum Gasteiger partial charge on any atom is 0.275 e. The summed E-state index contributed by atoms with van der Waals surface area (Å²) in [5.74, 6) is 2.02. The summed E-state index contributed by atoms with van der Waals surface area (Å²) >= 11 is 0. The van der Waals surface area contributed by atoms with Crippen LogP contribution in [0.2, 0.25) is 0 Å². The third-order valence-electron chi connectivity index (χ3n) is 5.95. The number of nitrogens with one attached hydrogen (secondary N) is 3. The summed E-state index contributed by atoms with van der Waals surface area (Å²) in [5.41, 5.74) is 2.51. The van der Waals surface area contributed by atoms with Crippen molar-refractivity contribution in [3.63, 3.8) is 0 Å². The smallest absolute Gasteiger partial charge is 0.275 e. The van der Waals surface area contributed by atoms with Gasteiger partial charge in [0.15, 0.2) is 18.0 Å². The Kier molecular flexibility index (Phi) is 8.11. The second-order valence-corrected chi connectivity index (χ2v) is 8.16. The molecule has 6 heteroatoms. The number of hydrogen-bond acceptors (Lipinski definition) is 3. The molecule has 1 fully saturated rings. The maximum atomic E-state index is 12.4. The Bertz CT molecular complexity index is 805. The third kappa shape index (κ3) is 6.21. The molecule has 1 aliphatic rings. The van der Waals surface area contributed by atoms with Crippen molar-refractivity contribution in [2.24, 2.45) is 0 Å². The number of rotatable bonds is 9. The van der Waals surface area contributed by atoms with Crippen molar-refractivity contribution >= 4 is 5.91 Å². The van der Waals surface area contributed by atoms with E-state index in [0.29, 0.717) is 19.0 Å². The number of methoxy groups -OCH3 is 2. The fraction of sp³-hybridized carbons (Fsp3) is 0.458. The highest BCUT2D eigenvalue weighted by Crippen LogP contribution is 2.27. The zero-order valence-corrected chi connectivity index (χ0v) is 18.4. The van der Waals surface area contributed by atoms with Crippen molar-refractivity contribution < 1.29 is 24.1 Å². The number of carbonyl (C=O) groups excluding carboxylic acids is 1. The van der Waals surface area contributed by atoms with Gasteiger partial charge in [-0.15, -0.1) is 0 Å². The summed E-state index contributed by atoms with van der Waals surface area (Å²) < 4.78 is 10.7. The van der Waals surface area contributed by atoms with E-state index in [0.717, 1.165) is 44.2 Å². The predicted octanol–water partition coefficient (Wildman–Crippen LogP) is -0.0929. The lowest BCUT2D eigenvalue weighted by molar-refractivity contribution is -1.02. The van der Waals surface area contributed by atoms with Gasteiger partial charge in [0.2, 0.25) is 0 Å². The molecule has 3 N–H and O–H groups in total. The molecular formula is C24H35N3O3+2. The molecule has 2 aromatic rings. The largest absolute Gasteiger partial charge is 0.493 e. The second kappa shape index (κ2) is 11.0. The predicted molar refractivity (Wildman–Crippen MR) is 117 cm³/mol. The minimum absolute atomic E-state index is 0.149. The van der Waals surface area contributed by atoms with Gasteiger partial charge in [0, 0.05) is 12.1 Å². The van der Waals surface area contributed by atoms with Crippen LogP contribution in [0.5, 0.6) is 11.5 Å². The van der Waals surface area contributed by atoms with Crippen LogP contribution in [0.3, 0.4) is 0 Å². The molecule has 1 saturated heterocycles. The SMILES string of the molecule is COc1ccc(C[NH+]2CC[NH+](CC(=O)NC[C@H](C)c3ccccc3)CC2)cc1OC. The topological polar surface area (TPSA) is 56.4 Å². The maximum absolute atomic E-state index is 12.4. The van der Waals surface area contributed by atoms with Gasteiger partial charge in [-0.05, 0) is 29.7 Å². The lowest BCUT2D eigenvalue weighted by Crippen LogP contribution is -3.28. The molecule has 0 unspecified atom stereocenters. The fourth-order valence-electron chi connectivity index (χ4n) is 4.05. The molecule has 2 aromatic carbocycles. The molecule has 0 bridgehead atoms. The van der Waals surface area contributed by atoms with E-state index >= 15 is 0 Å². The molecule has 0 aliphatic carbocycles. The Balaban J connectivity index is 1.39. The van der Waals surface area contributed by atoms with Gasteiger partial charge in [-0.1, -0.05) is 37.3 Å². The van der Waals surface area contributed by atoms with E-state index < -0.39 is 0 Å². The number of piperazine rings is 1. The highest BCUT2D eigenvalue weighted by atomic mass is 16.5. The lowest BCUT2D eigenvalue weighted by atomic mass is 10.0. The van der Waals surface area contributed by atoms with E-state index in [-0.39, 0.29) is 5.91 Å². The average Bonchev–Trinajstić information content (AvgIpc) is 2.79. The van der Waals surface area contributed by atoms with Gasteiger partial charge in [-0.25, -0.2) is 0 Å². The van der Waals surface area contributed by atoms with Gasteiger partial charge in [0.05, 0.1) is 14.2 Å². The first-order valence-corrected chi connectivity index (χ1v) is 10.8. The molecular weight excluding hydrogens is 378 g/mol. The van der Waals surface area contributed by atoms with Gasteiger partial charge >= 0.3 is 0 Å². The molecule has 0 spiro atoms. The van der Waals surface area contributed by atoms with Crippen molar-refractivity contribution in [2.45, 2.75) is 19.4 Å². The van der Waals surface area contributed by atoms with E-state index in [1.54, 1.807) is 19.1 Å². The zero-order chi connectivity index (χ0) is 21.3. The number of benzene rings is 2. The number of amides is 1. The molecule has 0 radical (unpaired) electrons. The van der Waals surface area contributed by atoms with Crippen LogP contribution in [0.4, 0.5) is 0 Å². The van der Waals surface area contributed by atoms with Crippen molar-refractivity contribution in [3.8, 4) is 11.5 Å². The van der Waals surface area contributed by atoms with E-state index in [9.17, 15) is 4.79 Å². The molecule has 1 heterocycles. The molecule has 1 atom stereocenters. The molecule has 6 nitrogen and oxygen atoms in total. The van der Waals surface area contributed by atoms with Crippen LogP contribution in [-0.2, 0) is 11.3 Å². The summed E-state index contributed by atoms with van der Waals surface area (Å²) in [5, 5.41) is 3.11. The van der Waals surface area contributed by atoms with Crippen LogP contribution in [0.25, 0.3) is 0 Å². The Hall–Kier alpha value is -2.57. The number of carbonyl (C=O) groups is 1. The van der Waals surface area contributed by atoms with Crippen LogP contribution >= 0.6 is 0 Å². The molecule has 162 valence electrons. The minimum atomic E-state index is 0.149. The molecule has 1 aliphatic heterocycles. The van der Waals surface area contributed by atoms with E-state index in [1.807, 2.05) is 24.3 Å². The minimum Gasteiger partial charge on any atom is -0.493 e. The lowest BCUT2D eigenvalue weighted by Gasteiger charge is -2.29. The zero-order valence-electron chi connectivity index (χ0n) is 18.4. The second-order valence-electron chi connectivity index (χ2n) is 8.16. The van der Waals surface area contributed by atoms with Gasteiger partial charge in [-0.2, -0.15) is 0 Å². The number of quaternary nitrogens is 2. The van der Waals surface area contributed by atoms with Gasteiger partial charge in [-0.3, -0.25) is 4.79 Å². The normalized spacial score (nSPS) is 19.7. The highest BCUT2D eigenvalue weighted by molar-refractivity contribution is 5.76.